The lowest BCUT2D eigenvalue weighted by Crippen LogP contribution is -2.45. The molecule has 0 bridgehead atoms. The lowest BCUT2D eigenvalue weighted by Gasteiger charge is -2.42. The van der Waals surface area contributed by atoms with Crippen LogP contribution in [0.15, 0.2) is 54.5 Å². The van der Waals surface area contributed by atoms with Crippen LogP contribution in [0.1, 0.15) is 48.6 Å². The molecule has 0 radical (unpaired) electrons. The smallest absolute Gasteiger partial charge is 0.141 e. The Morgan fingerprint density at radius 1 is 1.26 bits per heavy atom. The molecule has 0 amide bonds. The van der Waals surface area contributed by atoms with Crippen LogP contribution >= 0.6 is 0 Å². The number of hydrogen-bond donors (Lipinski definition) is 1. The third-order valence-corrected chi connectivity index (χ3v) is 7.20. The summed E-state index contributed by atoms with van der Waals surface area (Å²) in [5, 5.41) is 25.6. The first kappa shape index (κ1) is 19.7. The van der Waals surface area contributed by atoms with Crippen LogP contribution in [0, 0.1) is 22.6 Å². The molecule has 1 aromatic carbocycles. The summed E-state index contributed by atoms with van der Waals surface area (Å²) in [6.07, 6.45) is 10.7. The molecule has 3 aromatic rings. The number of aromatic nitrogens is 3. The Balaban J connectivity index is 1.45. The summed E-state index contributed by atoms with van der Waals surface area (Å²) in [4.78, 5) is 4.20. The van der Waals surface area contributed by atoms with E-state index in [1.807, 2.05) is 29.1 Å². The van der Waals surface area contributed by atoms with Crippen molar-refractivity contribution in [2.24, 2.45) is 5.41 Å². The van der Waals surface area contributed by atoms with E-state index in [-0.39, 0.29) is 5.56 Å². The van der Waals surface area contributed by atoms with Crippen molar-refractivity contribution in [3.8, 4) is 11.8 Å². The predicted molar refractivity (Wildman–Crippen MR) is 115 cm³/mol. The molecule has 2 aliphatic carbocycles. The van der Waals surface area contributed by atoms with Crippen LogP contribution < -0.4 is 0 Å². The number of halogens is 1. The number of pyridine rings is 1. The fourth-order valence-corrected chi connectivity index (χ4v) is 5.26. The number of nitrogens with zero attached hydrogens (tertiary/aromatic N) is 4. The number of fused-ring (bicyclic) bond motifs is 2. The topological polar surface area (TPSA) is 74.7 Å². The molecule has 0 saturated heterocycles. The van der Waals surface area contributed by atoms with Crippen molar-refractivity contribution < 1.29 is 9.50 Å². The van der Waals surface area contributed by atoms with Gasteiger partial charge in [0.2, 0.25) is 0 Å². The van der Waals surface area contributed by atoms with Crippen molar-refractivity contribution in [2.45, 2.75) is 44.6 Å². The molecule has 0 unspecified atom stereocenters. The molecule has 156 valence electrons. The van der Waals surface area contributed by atoms with Gasteiger partial charge in [-0.25, -0.2) is 9.07 Å². The SMILES string of the molecule is C[C@]12Cc3cnn(-c4cccnc4)c3C=C1CC[C@@]2(O)CCc1cccc(F)c1C#N. The molecule has 6 heteroatoms. The first-order valence-corrected chi connectivity index (χ1v) is 10.5. The van der Waals surface area contributed by atoms with Gasteiger partial charge in [0.1, 0.15) is 11.9 Å². The molecule has 2 atom stereocenters. The highest BCUT2D eigenvalue weighted by Crippen LogP contribution is 2.56. The van der Waals surface area contributed by atoms with Gasteiger partial charge >= 0.3 is 0 Å². The summed E-state index contributed by atoms with van der Waals surface area (Å²) in [5.41, 5.74) is 3.65. The molecule has 2 aliphatic rings. The first-order chi connectivity index (χ1) is 14.9. The normalized spacial score (nSPS) is 24.3. The molecule has 1 N–H and O–H groups in total. The Morgan fingerprint density at radius 3 is 2.90 bits per heavy atom. The van der Waals surface area contributed by atoms with Crippen molar-refractivity contribution in [1.82, 2.24) is 14.8 Å². The van der Waals surface area contributed by atoms with E-state index in [0.717, 1.165) is 23.4 Å². The minimum Gasteiger partial charge on any atom is -0.389 e. The minimum atomic E-state index is -0.925. The molecular formula is C25H23FN4O. The maximum Gasteiger partial charge on any atom is 0.141 e. The lowest BCUT2D eigenvalue weighted by molar-refractivity contribution is -0.0461. The number of aryl methyl sites for hydroxylation is 1. The summed E-state index contributed by atoms with van der Waals surface area (Å²) in [5.74, 6) is -0.504. The summed E-state index contributed by atoms with van der Waals surface area (Å²) >= 11 is 0. The third-order valence-electron chi connectivity index (χ3n) is 7.20. The van der Waals surface area contributed by atoms with Crippen LogP contribution in [0.4, 0.5) is 4.39 Å². The zero-order valence-electron chi connectivity index (χ0n) is 17.3. The van der Waals surface area contributed by atoms with Gasteiger partial charge in [-0.3, -0.25) is 4.98 Å². The summed E-state index contributed by atoms with van der Waals surface area (Å²) < 4.78 is 15.9. The van der Waals surface area contributed by atoms with Gasteiger partial charge in [-0.1, -0.05) is 24.6 Å². The average molecular weight is 414 g/mol. The summed E-state index contributed by atoms with van der Waals surface area (Å²) in [7, 11) is 0. The zero-order valence-corrected chi connectivity index (χ0v) is 17.3. The van der Waals surface area contributed by atoms with E-state index in [1.165, 1.54) is 11.6 Å². The van der Waals surface area contributed by atoms with Crippen LogP contribution in [-0.2, 0) is 12.8 Å². The van der Waals surface area contributed by atoms with Crippen molar-refractivity contribution >= 4 is 6.08 Å². The van der Waals surface area contributed by atoms with Crippen LogP contribution in [0.5, 0.6) is 0 Å². The molecule has 0 spiro atoms. The van der Waals surface area contributed by atoms with E-state index in [1.54, 1.807) is 24.5 Å². The predicted octanol–water partition coefficient (Wildman–Crippen LogP) is 4.38. The van der Waals surface area contributed by atoms with Gasteiger partial charge in [-0.05, 0) is 67.5 Å². The van der Waals surface area contributed by atoms with Gasteiger partial charge in [0.15, 0.2) is 0 Å². The Morgan fingerprint density at radius 2 is 2.13 bits per heavy atom. The van der Waals surface area contributed by atoms with E-state index in [2.05, 4.69) is 23.1 Å². The van der Waals surface area contributed by atoms with E-state index < -0.39 is 16.8 Å². The maximum absolute atomic E-state index is 14.0. The largest absolute Gasteiger partial charge is 0.389 e. The molecular weight excluding hydrogens is 391 g/mol. The van der Waals surface area contributed by atoms with Gasteiger partial charge in [-0.2, -0.15) is 10.4 Å². The molecule has 31 heavy (non-hydrogen) atoms. The highest BCUT2D eigenvalue weighted by molar-refractivity contribution is 5.62. The standard InChI is InChI=1S/C25H23FN4O/c1-24-13-18-15-29-30(20-5-3-11-28-16-20)23(18)12-19(24)8-10-25(24,31)9-7-17-4-2-6-22(26)21(17)14-27/h2-6,11-12,15-16,31H,7-10,13H2,1H3/t24-,25-/m0/s1. The summed E-state index contributed by atoms with van der Waals surface area (Å²) in [6.45, 7) is 2.12. The number of aliphatic hydroxyl groups is 1. The van der Waals surface area contributed by atoms with Crippen molar-refractivity contribution in [2.75, 3.05) is 0 Å². The van der Waals surface area contributed by atoms with Crippen LogP contribution in [0.2, 0.25) is 0 Å². The van der Waals surface area contributed by atoms with Gasteiger partial charge in [0, 0.05) is 11.6 Å². The van der Waals surface area contributed by atoms with E-state index in [4.69, 9.17) is 0 Å². The fraction of sp³-hybridized carbons (Fsp3) is 0.320. The molecule has 5 nitrogen and oxygen atoms in total. The fourth-order valence-electron chi connectivity index (χ4n) is 5.26. The highest BCUT2D eigenvalue weighted by atomic mass is 19.1. The molecule has 1 saturated carbocycles. The van der Waals surface area contributed by atoms with Gasteiger partial charge in [0.05, 0.1) is 34.9 Å². The van der Waals surface area contributed by atoms with Crippen LogP contribution in [0.25, 0.3) is 11.8 Å². The maximum atomic E-state index is 14.0. The molecule has 2 aromatic heterocycles. The van der Waals surface area contributed by atoms with Crippen molar-refractivity contribution in [1.29, 1.82) is 5.26 Å². The quantitative estimate of drug-likeness (QED) is 0.687. The molecule has 2 heterocycles. The average Bonchev–Trinajstić information content (AvgIpc) is 3.29. The number of rotatable bonds is 4. The zero-order chi connectivity index (χ0) is 21.6. The molecule has 1 fully saturated rings. The molecule has 5 rings (SSSR count). The van der Waals surface area contributed by atoms with Gasteiger partial charge < -0.3 is 5.11 Å². The first-order valence-electron chi connectivity index (χ1n) is 10.5. The Kier molecular flexibility index (Phi) is 4.53. The second-order valence-electron chi connectivity index (χ2n) is 8.77. The Bertz CT molecular complexity index is 1230. The number of hydrogen-bond acceptors (Lipinski definition) is 4. The van der Waals surface area contributed by atoms with Crippen molar-refractivity contribution in [3.63, 3.8) is 0 Å². The third kappa shape index (κ3) is 3.00. The van der Waals surface area contributed by atoms with E-state index in [0.29, 0.717) is 31.2 Å². The van der Waals surface area contributed by atoms with Crippen LogP contribution in [-0.4, -0.2) is 25.5 Å². The van der Waals surface area contributed by atoms with Gasteiger partial charge in [-0.15, -0.1) is 0 Å². The number of benzene rings is 1. The summed E-state index contributed by atoms with van der Waals surface area (Å²) in [6, 6.07) is 10.5. The van der Waals surface area contributed by atoms with Gasteiger partial charge in [0.25, 0.3) is 0 Å². The molecule has 0 aliphatic heterocycles. The second-order valence-corrected chi connectivity index (χ2v) is 8.77. The second kappa shape index (κ2) is 7.14. The Hall–Kier alpha value is -3.30. The van der Waals surface area contributed by atoms with E-state index in [9.17, 15) is 14.8 Å². The Labute approximate surface area is 180 Å². The monoisotopic (exact) mass is 414 g/mol. The van der Waals surface area contributed by atoms with E-state index >= 15 is 0 Å². The minimum absolute atomic E-state index is 0.0775. The number of nitriles is 1. The van der Waals surface area contributed by atoms with Crippen molar-refractivity contribution in [3.05, 3.63) is 82.7 Å². The highest BCUT2D eigenvalue weighted by Gasteiger charge is 2.54. The lowest BCUT2D eigenvalue weighted by atomic mass is 9.65. The van der Waals surface area contributed by atoms with Crippen LogP contribution in [0.3, 0.4) is 0 Å².